The van der Waals surface area contributed by atoms with Crippen LogP contribution in [0.25, 0.3) is 0 Å². The Balaban J connectivity index is 1.57. The average molecular weight is 447 g/mol. The number of nitrogens with zero attached hydrogens (tertiary/aromatic N) is 2. The van der Waals surface area contributed by atoms with E-state index in [1.807, 2.05) is 24.3 Å². The first kappa shape index (κ1) is 22.3. The third kappa shape index (κ3) is 4.80. The first-order valence-electron chi connectivity index (χ1n) is 10.6. The Morgan fingerprint density at radius 2 is 1.58 bits per heavy atom. The molecule has 1 N–H and O–H groups in total. The molecule has 0 saturated carbocycles. The van der Waals surface area contributed by atoms with Crippen LogP contribution in [0.1, 0.15) is 38.0 Å². The van der Waals surface area contributed by atoms with Crippen molar-refractivity contribution in [3.8, 4) is 0 Å². The van der Waals surface area contributed by atoms with Gasteiger partial charge in [-0.3, -0.25) is 9.69 Å². The second-order valence-electron chi connectivity index (χ2n) is 7.74. The number of anilines is 1. The van der Waals surface area contributed by atoms with Crippen LogP contribution in [0.5, 0.6) is 0 Å². The highest BCUT2D eigenvalue weighted by molar-refractivity contribution is 5.99. The van der Waals surface area contributed by atoms with Gasteiger partial charge < -0.3 is 19.4 Å². The lowest BCUT2D eigenvalue weighted by Gasteiger charge is -2.36. The van der Waals surface area contributed by atoms with Gasteiger partial charge in [0.1, 0.15) is 0 Å². The van der Waals surface area contributed by atoms with Gasteiger partial charge in [-0.1, -0.05) is 30.3 Å². The van der Waals surface area contributed by atoms with E-state index in [4.69, 9.17) is 9.47 Å². The molecule has 0 bridgehead atoms. The molecule has 1 aliphatic heterocycles. The number of hydrogen-bond acceptors (Lipinski definition) is 6. The number of amides is 1. The predicted octanol–water partition coefficient (Wildman–Crippen LogP) is 3.11. The van der Waals surface area contributed by atoms with Gasteiger partial charge in [0.2, 0.25) is 5.91 Å². The molecule has 0 radical (unpaired) electrons. The Hall–Kier alpha value is -3.91. The van der Waals surface area contributed by atoms with Crippen LogP contribution in [0.2, 0.25) is 0 Å². The molecule has 33 heavy (non-hydrogen) atoms. The van der Waals surface area contributed by atoms with E-state index in [2.05, 4.69) is 39.2 Å². The van der Waals surface area contributed by atoms with Gasteiger partial charge >= 0.3 is 11.9 Å². The van der Waals surface area contributed by atoms with Crippen molar-refractivity contribution >= 4 is 23.5 Å². The average Bonchev–Trinajstić information content (AvgIpc) is 3.32. The highest BCUT2D eigenvalue weighted by Gasteiger charge is 2.30. The fourth-order valence-corrected chi connectivity index (χ4v) is 4.17. The molecule has 8 nitrogen and oxygen atoms in total. The lowest BCUT2D eigenvalue weighted by Crippen LogP contribution is -2.42. The number of aromatic nitrogens is 1. The van der Waals surface area contributed by atoms with E-state index in [-0.39, 0.29) is 29.6 Å². The van der Waals surface area contributed by atoms with Crippen molar-refractivity contribution in [2.24, 2.45) is 0 Å². The standard InChI is InChI=1S/C25H25N3O5/c1-32-24(30)18-13-19(25(31)33-2)15-20(14-18)26-22(29)16-28-12-11-27-10-6-9-21(27)23(28)17-7-4-3-5-8-17/h3-10,13-15,23H,11-12,16H2,1-2H3,(H,26,29). The summed E-state index contributed by atoms with van der Waals surface area (Å²) < 4.78 is 11.7. The molecule has 3 aromatic rings. The Labute approximate surface area is 191 Å². The number of ether oxygens (including phenoxy) is 2. The molecule has 4 rings (SSSR count). The summed E-state index contributed by atoms with van der Waals surface area (Å²) in [6.45, 7) is 1.62. The number of carbonyl (C=O) groups is 3. The van der Waals surface area contributed by atoms with Gasteiger partial charge in [0.05, 0.1) is 37.9 Å². The van der Waals surface area contributed by atoms with E-state index in [0.29, 0.717) is 12.2 Å². The van der Waals surface area contributed by atoms with Gasteiger partial charge in [0.15, 0.2) is 0 Å². The monoisotopic (exact) mass is 447 g/mol. The molecule has 170 valence electrons. The quantitative estimate of drug-likeness (QED) is 0.584. The van der Waals surface area contributed by atoms with E-state index >= 15 is 0 Å². The van der Waals surface area contributed by atoms with Crippen LogP contribution in [-0.4, -0.2) is 54.6 Å². The summed E-state index contributed by atoms with van der Waals surface area (Å²) in [5, 5.41) is 2.81. The Kier molecular flexibility index (Phi) is 6.55. The van der Waals surface area contributed by atoms with Crippen molar-refractivity contribution in [1.82, 2.24) is 9.47 Å². The van der Waals surface area contributed by atoms with Crippen LogP contribution in [-0.2, 0) is 20.8 Å². The first-order valence-corrected chi connectivity index (χ1v) is 10.6. The molecule has 2 heterocycles. The van der Waals surface area contributed by atoms with E-state index in [0.717, 1.165) is 17.8 Å². The third-order valence-electron chi connectivity index (χ3n) is 5.66. The van der Waals surface area contributed by atoms with Gasteiger partial charge in [0.25, 0.3) is 0 Å². The highest BCUT2D eigenvalue weighted by atomic mass is 16.5. The first-order chi connectivity index (χ1) is 16.0. The number of rotatable bonds is 6. The van der Waals surface area contributed by atoms with Gasteiger partial charge in [-0.05, 0) is 35.9 Å². The molecule has 8 heteroatoms. The van der Waals surface area contributed by atoms with E-state index < -0.39 is 11.9 Å². The third-order valence-corrected chi connectivity index (χ3v) is 5.66. The fourth-order valence-electron chi connectivity index (χ4n) is 4.17. The predicted molar refractivity (Wildman–Crippen MR) is 122 cm³/mol. The van der Waals surface area contributed by atoms with Crippen molar-refractivity contribution in [3.05, 3.63) is 89.2 Å². The van der Waals surface area contributed by atoms with Gasteiger partial charge in [0, 0.05) is 30.7 Å². The number of methoxy groups -OCH3 is 2. The van der Waals surface area contributed by atoms with Gasteiger partial charge in [-0.15, -0.1) is 0 Å². The molecule has 1 amide bonds. The SMILES string of the molecule is COC(=O)c1cc(NC(=O)CN2CCn3cccc3C2c2ccccc2)cc(C(=O)OC)c1. The Morgan fingerprint density at radius 1 is 0.909 bits per heavy atom. The molecule has 2 aromatic carbocycles. The number of carbonyl (C=O) groups excluding carboxylic acids is 3. The minimum Gasteiger partial charge on any atom is -0.465 e. The summed E-state index contributed by atoms with van der Waals surface area (Å²) in [4.78, 5) is 39.2. The summed E-state index contributed by atoms with van der Waals surface area (Å²) in [6.07, 6.45) is 2.05. The zero-order chi connectivity index (χ0) is 23.4. The van der Waals surface area contributed by atoms with Gasteiger partial charge in [-0.2, -0.15) is 0 Å². The highest BCUT2D eigenvalue weighted by Crippen LogP contribution is 2.32. The normalized spacial score (nSPS) is 15.4. The molecule has 1 aliphatic rings. The summed E-state index contributed by atoms with van der Waals surface area (Å²) in [5.41, 5.74) is 2.84. The largest absolute Gasteiger partial charge is 0.465 e. The van der Waals surface area contributed by atoms with Crippen molar-refractivity contribution in [2.75, 3.05) is 32.6 Å². The Bertz CT molecular complexity index is 1140. The van der Waals surface area contributed by atoms with Crippen molar-refractivity contribution in [2.45, 2.75) is 12.6 Å². The van der Waals surface area contributed by atoms with Crippen LogP contribution in [0, 0.1) is 0 Å². The summed E-state index contributed by atoms with van der Waals surface area (Å²) in [5.74, 6) is -1.48. The summed E-state index contributed by atoms with van der Waals surface area (Å²) >= 11 is 0. The number of esters is 2. The van der Waals surface area contributed by atoms with Crippen molar-refractivity contribution < 1.29 is 23.9 Å². The molecular weight excluding hydrogens is 422 g/mol. The molecule has 0 aliphatic carbocycles. The summed E-state index contributed by atoms with van der Waals surface area (Å²) in [6, 6.07) is 18.4. The molecule has 0 saturated heterocycles. The van der Waals surface area contributed by atoms with Crippen LogP contribution in [0.4, 0.5) is 5.69 Å². The van der Waals surface area contributed by atoms with Crippen molar-refractivity contribution in [1.29, 1.82) is 0 Å². The Morgan fingerprint density at radius 3 is 2.21 bits per heavy atom. The molecular formula is C25H25N3O5. The second kappa shape index (κ2) is 9.70. The number of fused-ring (bicyclic) bond motifs is 1. The van der Waals surface area contributed by atoms with E-state index in [9.17, 15) is 14.4 Å². The zero-order valence-corrected chi connectivity index (χ0v) is 18.5. The lowest BCUT2D eigenvalue weighted by molar-refractivity contribution is -0.118. The lowest BCUT2D eigenvalue weighted by atomic mass is 10.00. The maximum Gasteiger partial charge on any atom is 0.337 e. The van der Waals surface area contributed by atoms with Crippen LogP contribution in [0.3, 0.4) is 0 Å². The minimum absolute atomic E-state index is 0.0623. The number of benzene rings is 2. The fraction of sp³-hybridized carbons (Fsp3) is 0.240. The number of hydrogen-bond donors (Lipinski definition) is 1. The topological polar surface area (TPSA) is 89.9 Å². The van der Waals surface area contributed by atoms with Crippen molar-refractivity contribution in [3.63, 3.8) is 0 Å². The molecule has 0 spiro atoms. The van der Waals surface area contributed by atoms with E-state index in [1.54, 1.807) is 0 Å². The number of nitrogens with one attached hydrogen (secondary N) is 1. The van der Waals surface area contributed by atoms with Crippen LogP contribution >= 0.6 is 0 Å². The molecule has 1 aromatic heterocycles. The van der Waals surface area contributed by atoms with E-state index in [1.165, 1.54) is 32.4 Å². The second-order valence-corrected chi connectivity index (χ2v) is 7.74. The molecule has 1 unspecified atom stereocenters. The smallest absolute Gasteiger partial charge is 0.337 e. The van der Waals surface area contributed by atoms with Crippen LogP contribution < -0.4 is 5.32 Å². The zero-order valence-electron chi connectivity index (χ0n) is 18.5. The maximum absolute atomic E-state index is 13.0. The summed E-state index contributed by atoms with van der Waals surface area (Å²) in [7, 11) is 2.50. The minimum atomic E-state index is -0.614. The maximum atomic E-state index is 13.0. The molecule has 0 fully saturated rings. The van der Waals surface area contributed by atoms with Gasteiger partial charge in [-0.25, -0.2) is 9.59 Å². The molecule has 1 atom stereocenters. The van der Waals surface area contributed by atoms with Crippen LogP contribution in [0.15, 0.2) is 66.9 Å².